The smallest absolute Gasteiger partial charge is 0.234 e. The summed E-state index contributed by atoms with van der Waals surface area (Å²) in [4.78, 5) is 41.1. The number of carbonyl (C=O) groups excluding carboxylic acids is 3. The van der Waals surface area contributed by atoms with Gasteiger partial charge in [0.2, 0.25) is 22.9 Å². The third kappa shape index (κ3) is 3.56. The molecule has 0 spiro atoms. The molecule has 3 aliphatic rings. The Labute approximate surface area is 190 Å². The van der Waals surface area contributed by atoms with E-state index in [4.69, 9.17) is 0 Å². The van der Waals surface area contributed by atoms with Gasteiger partial charge in [-0.15, -0.1) is 10.2 Å². The van der Waals surface area contributed by atoms with Crippen LogP contribution in [0.15, 0.2) is 36.4 Å². The molecule has 1 saturated carbocycles. The van der Waals surface area contributed by atoms with E-state index in [-0.39, 0.29) is 47.8 Å². The Morgan fingerprint density at radius 2 is 1.78 bits per heavy atom. The van der Waals surface area contributed by atoms with Gasteiger partial charge in [-0.2, -0.15) is 0 Å². The summed E-state index contributed by atoms with van der Waals surface area (Å²) >= 11 is 1.36. The van der Waals surface area contributed by atoms with E-state index in [0.29, 0.717) is 5.13 Å². The van der Waals surface area contributed by atoms with Crippen LogP contribution in [0.4, 0.5) is 5.13 Å². The maximum Gasteiger partial charge on any atom is 0.234 e. The zero-order chi connectivity index (χ0) is 22.4. The van der Waals surface area contributed by atoms with Crippen molar-refractivity contribution in [3.8, 4) is 0 Å². The van der Waals surface area contributed by atoms with Crippen molar-refractivity contribution in [3.05, 3.63) is 52.6 Å². The van der Waals surface area contributed by atoms with Gasteiger partial charge in [-0.05, 0) is 37.2 Å². The Morgan fingerprint density at radius 1 is 1.12 bits per heavy atom. The van der Waals surface area contributed by atoms with Crippen molar-refractivity contribution in [2.75, 3.05) is 5.32 Å². The third-order valence-electron chi connectivity index (χ3n) is 6.83. The summed E-state index contributed by atoms with van der Waals surface area (Å²) in [6, 6.07) is 7.06. The molecule has 0 radical (unpaired) electrons. The Morgan fingerprint density at radius 3 is 2.41 bits per heavy atom. The Hall–Kier alpha value is -2.87. The maximum absolute atomic E-state index is 13.4. The van der Waals surface area contributed by atoms with Crippen LogP contribution in [0.3, 0.4) is 0 Å². The summed E-state index contributed by atoms with van der Waals surface area (Å²) in [5, 5.41) is 12.3. The van der Waals surface area contributed by atoms with E-state index in [0.717, 1.165) is 35.4 Å². The van der Waals surface area contributed by atoms with Crippen LogP contribution in [-0.4, -0.2) is 32.8 Å². The average molecular weight is 451 g/mol. The van der Waals surface area contributed by atoms with Crippen LogP contribution < -0.4 is 5.32 Å². The number of likely N-dealkylation sites (tertiary alicyclic amines) is 1. The van der Waals surface area contributed by atoms with E-state index in [2.05, 4.69) is 34.6 Å². The van der Waals surface area contributed by atoms with Gasteiger partial charge >= 0.3 is 0 Å². The fourth-order valence-electron chi connectivity index (χ4n) is 5.34. The number of hydrogen-bond donors (Lipinski definition) is 1. The predicted molar refractivity (Wildman–Crippen MR) is 121 cm³/mol. The topological polar surface area (TPSA) is 92.3 Å². The van der Waals surface area contributed by atoms with Gasteiger partial charge in [0.1, 0.15) is 5.01 Å². The van der Waals surface area contributed by atoms with E-state index in [9.17, 15) is 14.4 Å². The van der Waals surface area contributed by atoms with Crippen LogP contribution in [0, 0.1) is 30.6 Å². The molecule has 5 rings (SSSR count). The van der Waals surface area contributed by atoms with Crippen molar-refractivity contribution in [1.82, 2.24) is 15.1 Å². The molecule has 2 aliphatic carbocycles. The van der Waals surface area contributed by atoms with Crippen molar-refractivity contribution in [3.63, 3.8) is 0 Å². The minimum Gasteiger partial charge on any atom is -0.300 e. The molecule has 2 bridgehead atoms. The van der Waals surface area contributed by atoms with Gasteiger partial charge < -0.3 is 5.32 Å². The monoisotopic (exact) mass is 450 g/mol. The van der Waals surface area contributed by atoms with Crippen LogP contribution >= 0.6 is 11.3 Å². The molecule has 1 saturated heterocycles. The molecule has 3 amide bonds. The minimum absolute atomic E-state index is 0.00850. The van der Waals surface area contributed by atoms with E-state index < -0.39 is 6.04 Å². The molecule has 2 heterocycles. The summed E-state index contributed by atoms with van der Waals surface area (Å²) in [6.45, 7) is 4.04. The number of carbonyl (C=O) groups is 3. The molecule has 2 fully saturated rings. The van der Waals surface area contributed by atoms with Gasteiger partial charge in [-0.25, -0.2) is 0 Å². The van der Waals surface area contributed by atoms with Crippen LogP contribution in [0.2, 0.25) is 0 Å². The van der Waals surface area contributed by atoms with Gasteiger partial charge in [-0.3, -0.25) is 19.3 Å². The van der Waals surface area contributed by atoms with Crippen molar-refractivity contribution in [2.24, 2.45) is 23.7 Å². The molecule has 8 heteroatoms. The van der Waals surface area contributed by atoms with Crippen molar-refractivity contribution in [2.45, 2.75) is 45.6 Å². The first-order valence-corrected chi connectivity index (χ1v) is 12.0. The maximum atomic E-state index is 13.4. The highest BCUT2D eigenvalue weighted by Crippen LogP contribution is 2.54. The number of imide groups is 1. The fourth-order valence-corrected chi connectivity index (χ4v) is 6.20. The average Bonchev–Trinajstić information content (AvgIpc) is 3.53. The molecule has 1 N–H and O–H groups in total. The quantitative estimate of drug-likeness (QED) is 0.513. The van der Waals surface area contributed by atoms with Gasteiger partial charge in [-0.1, -0.05) is 60.2 Å². The lowest BCUT2D eigenvalue weighted by atomic mass is 9.85. The van der Waals surface area contributed by atoms with E-state index in [1.807, 2.05) is 31.2 Å². The Bertz CT molecular complexity index is 1060. The zero-order valence-electron chi connectivity index (χ0n) is 18.2. The van der Waals surface area contributed by atoms with Crippen LogP contribution in [0.1, 0.15) is 48.4 Å². The van der Waals surface area contributed by atoms with Crippen LogP contribution in [0.5, 0.6) is 0 Å². The standard InChI is InChI=1S/C24H26N4O3S/c1-3-4-19-26-27-24(32-19)25-18(29)12-17(14-7-5-13(2)6-8-14)28-22(30)20-15-9-10-16(11-15)21(20)23(28)31/h5-10,15-17,20-21H,3-4,11-12H2,1-2H3,(H,25,27,29). The summed E-state index contributed by atoms with van der Waals surface area (Å²) < 4.78 is 0. The number of nitrogens with zero attached hydrogens (tertiary/aromatic N) is 3. The van der Waals surface area contributed by atoms with E-state index >= 15 is 0 Å². The Balaban J connectivity index is 1.40. The first kappa shape index (κ1) is 21.0. The summed E-state index contributed by atoms with van der Waals surface area (Å²) in [5.74, 6) is -0.863. The lowest BCUT2D eigenvalue weighted by Crippen LogP contribution is -2.38. The van der Waals surface area contributed by atoms with Gasteiger partial charge in [0.25, 0.3) is 0 Å². The first-order valence-electron chi connectivity index (χ1n) is 11.2. The van der Waals surface area contributed by atoms with Crippen molar-refractivity contribution in [1.29, 1.82) is 0 Å². The van der Waals surface area contributed by atoms with Gasteiger partial charge in [0, 0.05) is 6.42 Å². The summed E-state index contributed by atoms with van der Waals surface area (Å²) in [7, 11) is 0. The fraction of sp³-hybridized carbons (Fsp3) is 0.458. The Kier molecular flexibility index (Phi) is 5.41. The number of anilines is 1. The van der Waals surface area contributed by atoms with Gasteiger partial charge in [0.05, 0.1) is 24.3 Å². The van der Waals surface area contributed by atoms with E-state index in [1.54, 1.807) is 0 Å². The number of rotatable bonds is 7. The highest BCUT2D eigenvalue weighted by atomic mass is 32.1. The number of aryl methyl sites for hydroxylation is 2. The molecule has 7 nitrogen and oxygen atoms in total. The zero-order valence-corrected chi connectivity index (χ0v) is 19.0. The SMILES string of the molecule is CCCc1nnc(NC(=O)CC(c2ccc(C)cc2)N2C(=O)C3C4C=CC(C4)C3C2=O)s1. The van der Waals surface area contributed by atoms with Crippen molar-refractivity contribution >= 4 is 34.2 Å². The molecule has 1 aliphatic heterocycles. The number of allylic oxidation sites excluding steroid dienone is 2. The molecular formula is C24H26N4O3S. The second-order valence-corrected chi connectivity index (χ2v) is 10.0. The lowest BCUT2D eigenvalue weighted by Gasteiger charge is -2.28. The molecule has 166 valence electrons. The molecule has 2 aromatic rings. The molecule has 1 aromatic carbocycles. The summed E-state index contributed by atoms with van der Waals surface area (Å²) in [5.41, 5.74) is 1.86. The van der Waals surface area contributed by atoms with Gasteiger partial charge in [0.15, 0.2) is 0 Å². The third-order valence-corrected chi connectivity index (χ3v) is 7.73. The second-order valence-electron chi connectivity index (χ2n) is 8.98. The van der Waals surface area contributed by atoms with Crippen LogP contribution in [0.25, 0.3) is 0 Å². The number of fused-ring (bicyclic) bond motifs is 5. The number of aromatic nitrogens is 2. The highest BCUT2D eigenvalue weighted by Gasteiger charge is 2.60. The molecule has 1 aromatic heterocycles. The lowest BCUT2D eigenvalue weighted by molar-refractivity contribution is -0.144. The minimum atomic E-state index is -0.636. The molecule has 5 atom stereocenters. The second kappa shape index (κ2) is 8.24. The highest BCUT2D eigenvalue weighted by molar-refractivity contribution is 7.15. The largest absolute Gasteiger partial charge is 0.300 e. The first-order chi connectivity index (χ1) is 15.5. The van der Waals surface area contributed by atoms with Crippen molar-refractivity contribution < 1.29 is 14.4 Å². The molecular weight excluding hydrogens is 424 g/mol. The normalized spacial score (nSPS) is 26.6. The molecule has 5 unspecified atom stereocenters. The predicted octanol–water partition coefficient (Wildman–Crippen LogP) is 3.68. The number of hydrogen-bond acceptors (Lipinski definition) is 6. The summed E-state index contributed by atoms with van der Waals surface area (Å²) in [6.07, 6.45) is 6.81. The van der Waals surface area contributed by atoms with E-state index in [1.165, 1.54) is 16.2 Å². The number of nitrogens with one attached hydrogen (secondary N) is 1. The number of benzene rings is 1. The molecule has 32 heavy (non-hydrogen) atoms. The number of amides is 3. The van der Waals surface area contributed by atoms with Crippen LogP contribution in [-0.2, 0) is 20.8 Å².